The summed E-state index contributed by atoms with van der Waals surface area (Å²) in [6.07, 6.45) is -0.196. The van der Waals surface area contributed by atoms with E-state index in [4.69, 9.17) is 4.74 Å². The molecule has 1 aromatic rings. The fourth-order valence-corrected chi connectivity index (χ4v) is 2.20. The molecule has 1 rings (SSSR count). The van der Waals surface area contributed by atoms with Gasteiger partial charge in [-0.25, -0.2) is 18.7 Å². The summed E-state index contributed by atoms with van der Waals surface area (Å²) in [6.45, 7) is 4.47. The van der Waals surface area contributed by atoms with Gasteiger partial charge in [-0.2, -0.15) is 0 Å². The number of alkyl halides is 2. The number of anilines is 1. The summed E-state index contributed by atoms with van der Waals surface area (Å²) in [5, 5.41) is 3.16. The molecule has 1 heterocycles. The van der Waals surface area contributed by atoms with E-state index in [9.17, 15) is 8.78 Å². The van der Waals surface area contributed by atoms with E-state index < -0.39 is 13.0 Å². The van der Waals surface area contributed by atoms with Crippen molar-refractivity contribution in [2.24, 2.45) is 0 Å². The largest absolute Gasteiger partial charge is 0.375 e. The molecule has 0 saturated heterocycles. The average molecular weight is 352 g/mol. The highest BCUT2D eigenvalue weighted by Gasteiger charge is 2.11. The first-order valence-electron chi connectivity index (χ1n) is 6.73. The zero-order valence-corrected chi connectivity index (χ0v) is 13.3. The van der Waals surface area contributed by atoms with E-state index in [0.717, 1.165) is 35.4 Å². The lowest BCUT2D eigenvalue weighted by Crippen LogP contribution is -2.12. The van der Waals surface area contributed by atoms with Crippen LogP contribution in [0.4, 0.5) is 14.6 Å². The van der Waals surface area contributed by atoms with Crippen molar-refractivity contribution in [2.45, 2.75) is 39.5 Å². The van der Waals surface area contributed by atoms with Gasteiger partial charge in [-0.05, 0) is 29.3 Å². The molecule has 0 aliphatic carbocycles. The molecule has 7 heteroatoms. The Morgan fingerprint density at radius 1 is 1.25 bits per heavy atom. The number of hydrogen-bond acceptors (Lipinski definition) is 4. The van der Waals surface area contributed by atoms with Crippen molar-refractivity contribution in [3.63, 3.8) is 0 Å². The Hall–Kier alpha value is -0.820. The smallest absolute Gasteiger partial charge is 0.261 e. The summed E-state index contributed by atoms with van der Waals surface area (Å²) < 4.78 is 29.7. The molecule has 0 bridgehead atoms. The van der Waals surface area contributed by atoms with Gasteiger partial charge >= 0.3 is 0 Å². The molecule has 20 heavy (non-hydrogen) atoms. The average Bonchev–Trinajstić information content (AvgIpc) is 2.40. The van der Waals surface area contributed by atoms with Crippen molar-refractivity contribution in [1.29, 1.82) is 0 Å². The fraction of sp³-hybridized carbons (Fsp3) is 0.692. The molecule has 1 aromatic heterocycles. The van der Waals surface area contributed by atoms with Crippen LogP contribution in [-0.2, 0) is 17.6 Å². The predicted molar refractivity (Wildman–Crippen MR) is 78.4 cm³/mol. The first kappa shape index (κ1) is 17.2. The van der Waals surface area contributed by atoms with E-state index in [1.165, 1.54) is 0 Å². The second-order valence-corrected chi connectivity index (χ2v) is 5.04. The molecule has 4 nitrogen and oxygen atoms in total. The minimum Gasteiger partial charge on any atom is -0.375 e. The molecule has 114 valence electrons. The summed E-state index contributed by atoms with van der Waals surface area (Å²) in [4.78, 5) is 8.84. The maximum absolute atomic E-state index is 12.0. The van der Waals surface area contributed by atoms with Crippen LogP contribution in [0.5, 0.6) is 0 Å². The van der Waals surface area contributed by atoms with Crippen molar-refractivity contribution >= 4 is 21.7 Å². The summed E-state index contributed by atoms with van der Waals surface area (Å²) in [5.41, 5.74) is 0.933. The number of hydrogen-bond donors (Lipinski definition) is 1. The monoisotopic (exact) mass is 351 g/mol. The molecule has 0 aliphatic heterocycles. The summed E-state index contributed by atoms with van der Waals surface area (Å²) in [6, 6.07) is 0. The number of nitrogens with zero attached hydrogens (tertiary/aromatic N) is 2. The number of rotatable bonds is 9. The van der Waals surface area contributed by atoms with Crippen molar-refractivity contribution in [3.05, 3.63) is 16.0 Å². The Bertz CT molecular complexity index is 392. The van der Waals surface area contributed by atoms with Crippen molar-refractivity contribution < 1.29 is 13.5 Å². The van der Waals surface area contributed by atoms with Gasteiger partial charge in [0.05, 0.1) is 16.8 Å². The van der Waals surface area contributed by atoms with Gasteiger partial charge < -0.3 is 10.1 Å². The number of ether oxygens (including phenoxy) is 1. The molecule has 0 unspecified atom stereocenters. The quantitative estimate of drug-likeness (QED) is 0.692. The van der Waals surface area contributed by atoms with Crippen LogP contribution >= 0.6 is 15.9 Å². The molecule has 0 amide bonds. The highest BCUT2D eigenvalue weighted by Crippen LogP contribution is 2.24. The Morgan fingerprint density at radius 3 is 2.60 bits per heavy atom. The number of halogens is 3. The lowest BCUT2D eigenvalue weighted by atomic mass is 10.2. The van der Waals surface area contributed by atoms with Crippen molar-refractivity contribution in [1.82, 2.24) is 9.97 Å². The Balaban J connectivity index is 2.73. The van der Waals surface area contributed by atoms with Crippen LogP contribution in [0.25, 0.3) is 0 Å². The highest BCUT2D eigenvalue weighted by atomic mass is 79.9. The minimum absolute atomic E-state index is 0.198. The molecule has 0 aromatic carbocycles. The van der Waals surface area contributed by atoms with Gasteiger partial charge in [0.1, 0.15) is 18.2 Å². The van der Waals surface area contributed by atoms with Gasteiger partial charge in [-0.15, -0.1) is 0 Å². The van der Waals surface area contributed by atoms with E-state index in [0.29, 0.717) is 12.2 Å². The topological polar surface area (TPSA) is 47.0 Å². The second kappa shape index (κ2) is 9.18. The Kier molecular flexibility index (Phi) is 7.91. The first-order chi connectivity index (χ1) is 9.58. The standard InChI is InChI=1S/C13H20BrF2N3O/c1-3-5-9-12(14)13(17-4-2)19-11(18-9)6-7-20-8-10(15)16/h10H,3-8H2,1-2H3,(H,17,18,19). The van der Waals surface area contributed by atoms with Crippen LogP contribution in [0.15, 0.2) is 4.47 Å². The summed E-state index contributed by atoms with van der Waals surface area (Å²) in [5.74, 6) is 1.36. The summed E-state index contributed by atoms with van der Waals surface area (Å²) >= 11 is 3.50. The zero-order chi connectivity index (χ0) is 15.0. The summed E-state index contributed by atoms with van der Waals surface area (Å²) in [7, 11) is 0. The lowest BCUT2D eigenvalue weighted by Gasteiger charge is -2.12. The number of aromatic nitrogens is 2. The van der Waals surface area contributed by atoms with Gasteiger partial charge in [0.2, 0.25) is 0 Å². The molecule has 0 saturated carbocycles. The molecule has 0 radical (unpaired) electrons. The second-order valence-electron chi connectivity index (χ2n) is 4.25. The molecular formula is C13H20BrF2N3O. The van der Waals surface area contributed by atoms with Gasteiger partial charge in [0.25, 0.3) is 6.43 Å². The molecule has 0 spiro atoms. The molecule has 0 fully saturated rings. The Morgan fingerprint density at radius 2 is 2.00 bits per heavy atom. The van der Waals surface area contributed by atoms with Crippen LogP contribution in [0.1, 0.15) is 31.8 Å². The minimum atomic E-state index is -2.44. The third-order valence-electron chi connectivity index (χ3n) is 2.51. The van der Waals surface area contributed by atoms with Crippen LogP contribution in [0.3, 0.4) is 0 Å². The van der Waals surface area contributed by atoms with Crippen LogP contribution in [0.2, 0.25) is 0 Å². The fourth-order valence-electron chi connectivity index (χ4n) is 1.68. The van der Waals surface area contributed by atoms with Gasteiger partial charge in [0.15, 0.2) is 0 Å². The molecule has 0 aliphatic rings. The third kappa shape index (κ3) is 5.66. The maximum Gasteiger partial charge on any atom is 0.261 e. The van der Waals surface area contributed by atoms with E-state index in [2.05, 4.69) is 38.1 Å². The van der Waals surface area contributed by atoms with E-state index in [1.54, 1.807) is 0 Å². The zero-order valence-electron chi connectivity index (χ0n) is 11.8. The number of aryl methyl sites for hydroxylation is 1. The SMILES string of the molecule is CCCc1nc(CCOCC(F)F)nc(NCC)c1Br. The third-order valence-corrected chi connectivity index (χ3v) is 3.34. The maximum atomic E-state index is 12.0. The van der Waals surface area contributed by atoms with Crippen molar-refractivity contribution in [3.8, 4) is 0 Å². The van der Waals surface area contributed by atoms with Crippen LogP contribution < -0.4 is 5.32 Å². The van der Waals surface area contributed by atoms with E-state index in [-0.39, 0.29) is 6.61 Å². The normalized spacial score (nSPS) is 11.1. The van der Waals surface area contributed by atoms with E-state index in [1.807, 2.05) is 6.92 Å². The molecule has 1 N–H and O–H groups in total. The van der Waals surface area contributed by atoms with Crippen LogP contribution in [0, 0.1) is 0 Å². The van der Waals surface area contributed by atoms with E-state index >= 15 is 0 Å². The van der Waals surface area contributed by atoms with Gasteiger partial charge in [-0.3, -0.25) is 0 Å². The van der Waals surface area contributed by atoms with Gasteiger partial charge in [0, 0.05) is 13.0 Å². The van der Waals surface area contributed by atoms with Crippen LogP contribution in [-0.4, -0.2) is 36.2 Å². The molecular weight excluding hydrogens is 332 g/mol. The van der Waals surface area contributed by atoms with Gasteiger partial charge in [-0.1, -0.05) is 13.3 Å². The predicted octanol–water partition coefficient (Wildman–Crippen LogP) is 3.45. The Labute approximate surface area is 126 Å². The number of nitrogens with one attached hydrogen (secondary N) is 1. The first-order valence-corrected chi connectivity index (χ1v) is 7.52. The lowest BCUT2D eigenvalue weighted by molar-refractivity contribution is 0.0183. The molecule has 0 atom stereocenters. The van der Waals surface area contributed by atoms with Crippen molar-refractivity contribution in [2.75, 3.05) is 25.1 Å². The highest BCUT2D eigenvalue weighted by molar-refractivity contribution is 9.10.